The summed E-state index contributed by atoms with van der Waals surface area (Å²) < 4.78 is 4.34. The summed E-state index contributed by atoms with van der Waals surface area (Å²) in [5, 5.41) is 44.7. The molecule has 0 saturated carbocycles. The summed E-state index contributed by atoms with van der Waals surface area (Å²) in [6.07, 6.45) is -2.76. The monoisotopic (exact) mass is 312 g/mol. The van der Waals surface area contributed by atoms with Crippen LogP contribution in [0.15, 0.2) is 24.3 Å². The van der Waals surface area contributed by atoms with E-state index in [-0.39, 0.29) is 11.3 Å². The average Bonchev–Trinajstić information content (AvgIpc) is 2.44. The Morgan fingerprint density at radius 1 is 1.05 bits per heavy atom. The lowest BCUT2D eigenvalue weighted by molar-refractivity contribution is -0.176. The SMILES string of the molecule is O=C(C=Cc1ccc(O)c(O)c1)OC(C(=O)O)C(O)C(=O)O. The van der Waals surface area contributed by atoms with Gasteiger partial charge >= 0.3 is 17.9 Å². The summed E-state index contributed by atoms with van der Waals surface area (Å²) in [4.78, 5) is 32.7. The van der Waals surface area contributed by atoms with Crippen molar-refractivity contribution in [3.05, 3.63) is 29.8 Å². The van der Waals surface area contributed by atoms with Gasteiger partial charge in [0, 0.05) is 6.08 Å². The first-order valence-corrected chi connectivity index (χ1v) is 5.76. The lowest BCUT2D eigenvalue weighted by Crippen LogP contribution is -2.42. The summed E-state index contributed by atoms with van der Waals surface area (Å²) in [5.41, 5.74) is 0.290. The van der Waals surface area contributed by atoms with E-state index in [1.54, 1.807) is 0 Å². The second kappa shape index (κ2) is 7.09. The van der Waals surface area contributed by atoms with Crippen molar-refractivity contribution in [1.29, 1.82) is 0 Å². The van der Waals surface area contributed by atoms with Crippen molar-refractivity contribution in [3.63, 3.8) is 0 Å². The Morgan fingerprint density at radius 2 is 1.68 bits per heavy atom. The van der Waals surface area contributed by atoms with Crippen LogP contribution in [0.2, 0.25) is 0 Å². The fourth-order valence-electron chi connectivity index (χ4n) is 1.35. The number of carboxylic acids is 2. The molecule has 2 atom stereocenters. The minimum Gasteiger partial charge on any atom is -0.504 e. The van der Waals surface area contributed by atoms with Crippen molar-refractivity contribution < 1.29 is 44.7 Å². The molecule has 0 spiro atoms. The molecule has 1 aromatic rings. The number of benzene rings is 1. The van der Waals surface area contributed by atoms with E-state index in [9.17, 15) is 19.5 Å². The van der Waals surface area contributed by atoms with Crippen molar-refractivity contribution in [3.8, 4) is 11.5 Å². The lowest BCUT2D eigenvalue weighted by Gasteiger charge is -2.15. The van der Waals surface area contributed by atoms with Crippen LogP contribution in [0.5, 0.6) is 11.5 Å². The van der Waals surface area contributed by atoms with Gasteiger partial charge in [-0.25, -0.2) is 14.4 Å². The first-order chi connectivity index (χ1) is 10.2. The number of hydrogen-bond donors (Lipinski definition) is 5. The van der Waals surface area contributed by atoms with E-state index in [2.05, 4.69) is 4.74 Å². The van der Waals surface area contributed by atoms with Gasteiger partial charge in [-0.3, -0.25) is 0 Å². The van der Waals surface area contributed by atoms with E-state index >= 15 is 0 Å². The van der Waals surface area contributed by atoms with Gasteiger partial charge in [-0.15, -0.1) is 0 Å². The number of carbonyl (C=O) groups excluding carboxylic acids is 1. The van der Waals surface area contributed by atoms with Gasteiger partial charge in [0.2, 0.25) is 6.10 Å². The molecule has 0 heterocycles. The number of aliphatic carboxylic acids is 2. The van der Waals surface area contributed by atoms with Crippen molar-refractivity contribution in [1.82, 2.24) is 0 Å². The highest BCUT2D eigenvalue weighted by Crippen LogP contribution is 2.25. The Hall–Kier alpha value is -3.07. The molecule has 1 rings (SSSR count). The Labute approximate surface area is 123 Å². The van der Waals surface area contributed by atoms with Crippen molar-refractivity contribution >= 4 is 24.0 Å². The molecule has 9 nitrogen and oxygen atoms in total. The summed E-state index contributed by atoms with van der Waals surface area (Å²) in [5.74, 6) is -5.68. The minimum atomic E-state index is -2.41. The maximum absolute atomic E-state index is 11.4. The summed E-state index contributed by atoms with van der Waals surface area (Å²) in [6.45, 7) is 0. The van der Waals surface area contributed by atoms with Crippen molar-refractivity contribution in [2.75, 3.05) is 0 Å². The number of esters is 1. The third-order valence-corrected chi connectivity index (χ3v) is 2.44. The third-order valence-electron chi connectivity index (χ3n) is 2.44. The molecule has 0 aliphatic heterocycles. The highest BCUT2D eigenvalue weighted by molar-refractivity contribution is 5.91. The summed E-state index contributed by atoms with van der Waals surface area (Å²) in [7, 11) is 0. The topological polar surface area (TPSA) is 162 Å². The molecule has 0 aromatic heterocycles. The highest BCUT2D eigenvalue weighted by atomic mass is 16.6. The quantitative estimate of drug-likeness (QED) is 0.266. The molecule has 0 bridgehead atoms. The van der Waals surface area contributed by atoms with Crippen LogP contribution in [0.1, 0.15) is 5.56 Å². The van der Waals surface area contributed by atoms with Gasteiger partial charge in [0.15, 0.2) is 17.6 Å². The molecule has 9 heteroatoms. The lowest BCUT2D eigenvalue weighted by atomic mass is 10.2. The number of ether oxygens (including phenoxy) is 1. The van der Waals surface area contributed by atoms with E-state index in [0.717, 1.165) is 24.3 Å². The Morgan fingerprint density at radius 3 is 2.18 bits per heavy atom. The number of aliphatic hydroxyl groups is 1. The van der Waals surface area contributed by atoms with Crippen LogP contribution in [0.3, 0.4) is 0 Å². The van der Waals surface area contributed by atoms with E-state index < -0.39 is 35.9 Å². The van der Waals surface area contributed by atoms with Crippen LogP contribution in [0, 0.1) is 0 Å². The fourth-order valence-corrected chi connectivity index (χ4v) is 1.35. The summed E-state index contributed by atoms with van der Waals surface area (Å²) >= 11 is 0. The number of rotatable bonds is 6. The van der Waals surface area contributed by atoms with E-state index in [0.29, 0.717) is 0 Å². The Bertz CT molecular complexity index is 620. The molecule has 5 N–H and O–H groups in total. The van der Waals surface area contributed by atoms with Crippen LogP contribution in [-0.2, 0) is 19.1 Å². The number of aliphatic hydroxyl groups excluding tert-OH is 1. The summed E-state index contributed by atoms with van der Waals surface area (Å²) in [6, 6.07) is 3.63. The van der Waals surface area contributed by atoms with Gasteiger partial charge in [-0.2, -0.15) is 0 Å². The smallest absolute Gasteiger partial charge is 0.348 e. The van der Waals surface area contributed by atoms with Gasteiger partial charge in [-0.05, 0) is 23.8 Å². The molecule has 0 saturated heterocycles. The molecule has 0 aliphatic carbocycles. The number of carboxylic acid groups (broad SMARTS) is 2. The second-order valence-corrected chi connectivity index (χ2v) is 4.06. The Balaban J connectivity index is 2.78. The van der Waals surface area contributed by atoms with Gasteiger partial charge in [0.05, 0.1) is 0 Å². The van der Waals surface area contributed by atoms with Gasteiger partial charge in [0.1, 0.15) is 0 Å². The van der Waals surface area contributed by atoms with E-state index in [1.165, 1.54) is 6.07 Å². The molecule has 1 aromatic carbocycles. The van der Waals surface area contributed by atoms with Gasteiger partial charge in [0.25, 0.3) is 0 Å². The standard InChI is InChI=1S/C13H12O9/c14-7-3-1-6(5-8(7)15)2-4-9(16)22-11(13(20)21)10(17)12(18)19/h1-5,10-11,14-15,17H,(H,18,19)(H,20,21). The zero-order valence-corrected chi connectivity index (χ0v) is 10.9. The number of phenols is 2. The van der Waals surface area contributed by atoms with Gasteiger partial charge < -0.3 is 30.3 Å². The van der Waals surface area contributed by atoms with Crippen LogP contribution in [-0.4, -0.2) is 55.6 Å². The van der Waals surface area contributed by atoms with E-state index in [1.807, 2.05) is 0 Å². The minimum absolute atomic E-state index is 0.290. The van der Waals surface area contributed by atoms with Crippen LogP contribution < -0.4 is 0 Å². The first-order valence-electron chi connectivity index (χ1n) is 5.76. The Kier molecular flexibility index (Phi) is 5.47. The van der Waals surface area contributed by atoms with Crippen molar-refractivity contribution in [2.24, 2.45) is 0 Å². The molecule has 22 heavy (non-hydrogen) atoms. The molecule has 2 unspecified atom stereocenters. The number of hydrogen-bond acceptors (Lipinski definition) is 7. The molecule has 0 fully saturated rings. The number of carbonyl (C=O) groups is 3. The number of aromatic hydroxyl groups is 2. The van der Waals surface area contributed by atoms with Crippen LogP contribution in [0.4, 0.5) is 0 Å². The van der Waals surface area contributed by atoms with E-state index in [4.69, 9.17) is 20.4 Å². The molecule has 0 radical (unpaired) electrons. The first kappa shape index (κ1) is 17.0. The highest BCUT2D eigenvalue weighted by Gasteiger charge is 2.35. The largest absolute Gasteiger partial charge is 0.504 e. The van der Waals surface area contributed by atoms with Gasteiger partial charge in [-0.1, -0.05) is 6.07 Å². The fraction of sp³-hybridized carbons (Fsp3) is 0.154. The normalized spacial score (nSPS) is 13.5. The zero-order chi connectivity index (χ0) is 16.9. The zero-order valence-electron chi connectivity index (χ0n) is 10.9. The molecular weight excluding hydrogens is 300 g/mol. The van der Waals surface area contributed by atoms with Crippen LogP contribution in [0.25, 0.3) is 6.08 Å². The molecule has 0 amide bonds. The number of phenolic OH excluding ortho intramolecular Hbond substituents is 2. The predicted molar refractivity (Wildman–Crippen MR) is 70.0 cm³/mol. The molecule has 0 aliphatic rings. The second-order valence-electron chi connectivity index (χ2n) is 4.06. The third kappa shape index (κ3) is 4.49. The molecule has 118 valence electrons. The average molecular weight is 312 g/mol. The molecular formula is C13H12O9. The van der Waals surface area contributed by atoms with Crippen LogP contribution >= 0.6 is 0 Å². The maximum Gasteiger partial charge on any atom is 0.348 e. The predicted octanol–water partition coefficient (Wildman–Crippen LogP) is -0.447. The van der Waals surface area contributed by atoms with Crippen molar-refractivity contribution in [2.45, 2.75) is 12.2 Å². The maximum atomic E-state index is 11.4.